The number of halogens is 7. The maximum atomic E-state index is 16.3. The summed E-state index contributed by atoms with van der Waals surface area (Å²) in [6.07, 6.45) is -5.48. The molecule has 13 nitrogen and oxygen atoms in total. The summed E-state index contributed by atoms with van der Waals surface area (Å²) in [7, 11) is -3.27. The van der Waals surface area contributed by atoms with Crippen molar-refractivity contribution in [2.24, 2.45) is 0 Å². The number of fused-ring (bicyclic) bond motifs is 2. The van der Waals surface area contributed by atoms with E-state index in [0.717, 1.165) is 43.1 Å². The molecule has 2 aliphatic carbocycles. The molecular formula is C47H57F7N5O8PS. The Hall–Kier alpha value is -4.14. The zero-order chi connectivity index (χ0) is 49.6. The molecule has 3 saturated heterocycles. The largest absolute Gasteiger partial charge is 0.522 e. The number of ether oxygens (including phenoxy) is 2. The first-order valence-corrected chi connectivity index (χ1v) is 26.0. The molecule has 22 heteroatoms. The first kappa shape index (κ1) is 51.2. The summed E-state index contributed by atoms with van der Waals surface area (Å²) in [6, 6.07) is 11.0. The molecule has 8 rings (SSSR count). The molecule has 0 bridgehead atoms. The van der Waals surface area contributed by atoms with Gasteiger partial charge >= 0.3 is 26.0 Å². The number of likely N-dealkylation sites (tertiary alicyclic amines) is 1. The van der Waals surface area contributed by atoms with Crippen LogP contribution in [0.4, 0.5) is 30.7 Å². The number of thiophene rings is 1. The van der Waals surface area contributed by atoms with Crippen LogP contribution in [0.25, 0.3) is 10.1 Å². The minimum Gasteiger partial charge on any atom is -0.465 e. The van der Waals surface area contributed by atoms with E-state index < -0.39 is 80.6 Å². The van der Waals surface area contributed by atoms with Crippen LogP contribution in [0.5, 0.6) is 0 Å². The Morgan fingerprint density at radius 3 is 2.36 bits per heavy atom. The van der Waals surface area contributed by atoms with Crippen LogP contribution in [0.3, 0.4) is 0 Å². The molecule has 8 atom stereocenters. The highest BCUT2D eigenvalue weighted by molar-refractivity contribution is 7.57. The first-order chi connectivity index (χ1) is 32.6. The van der Waals surface area contributed by atoms with Crippen molar-refractivity contribution in [3.63, 3.8) is 0 Å². The summed E-state index contributed by atoms with van der Waals surface area (Å²) in [4.78, 5) is 62.0. The summed E-state index contributed by atoms with van der Waals surface area (Å²) in [5, 5.41) is 5.27. The summed E-state index contributed by atoms with van der Waals surface area (Å²) < 4.78 is 123. The average Bonchev–Trinajstić information content (AvgIpc) is 3.56. The molecule has 1 aromatic heterocycles. The summed E-state index contributed by atoms with van der Waals surface area (Å²) >= 11 is 0.993. The molecule has 2 saturated carbocycles. The molecule has 3 amide bonds. The van der Waals surface area contributed by atoms with Crippen LogP contribution >= 0.6 is 18.9 Å². The maximum Gasteiger partial charge on any atom is 0.522 e. The highest BCUT2D eigenvalue weighted by Gasteiger charge is 2.59. The number of hydrogen-bond acceptors (Lipinski definition) is 10. The van der Waals surface area contributed by atoms with Crippen LogP contribution in [-0.2, 0) is 32.9 Å². The number of benzene rings is 2. The molecule has 2 aromatic carbocycles. The average molecular weight is 1020 g/mol. The molecular weight excluding hydrogens is 959 g/mol. The zero-order valence-electron chi connectivity index (χ0n) is 38.4. The lowest BCUT2D eigenvalue weighted by Crippen LogP contribution is -2.60. The molecule has 4 heterocycles. The van der Waals surface area contributed by atoms with Crippen LogP contribution in [0.2, 0.25) is 0 Å². The van der Waals surface area contributed by atoms with Crippen molar-refractivity contribution >= 4 is 52.6 Å². The molecule has 1 unspecified atom stereocenters. The fourth-order valence-corrected chi connectivity index (χ4v) is 13.4. The summed E-state index contributed by atoms with van der Waals surface area (Å²) in [5.41, 5.74) is 0.498. The van der Waals surface area contributed by atoms with E-state index >= 15 is 4.39 Å². The highest BCUT2D eigenvalue weighted by atomic mass is 32.1. The van der Waals surface area contributed by atoms with E-state index in [1.165, 1.54) is 24.3 Å². The molecule has 5 aliphatic rings. The van der Waals surface area contributed by atoms with Crippen LogP contribution in [0.15, 0.2) is 54.6 Å². The SMILES string of the molecule is CCCOC(=O)[C@H](C)NP(=O)(OCC(F)(F)F)[C@@H](F)c1ccc2sc(C(=O)N[C@H]3CC[C@H](N(C)C4CC(OC(F)(F)F)C4)C[C@H]4CC[C@@H](C(=O)N5C[C@H](c6ccccc6)CC56CC6)N4C3=O)cc2c1. The van der Waals surface area contributed by atoms with Gasteiger partial charge in [-0.05, 0) is 119 Å². The minimum atomic E-state index is -5.12. The maximum absolute atomic E-state index is 16.3. The van der Waals surface area contributed by atoms with Crippen molar-refractivity contribution < 1.29 is 68.5 Å². The van der Waals surface area contributed by atoms with Gasteiger partial charge in [0.2, 0.25) is 17.7 Å². The zero-order valence-corrected chi connectivity index (χ0v) is 40.1. The van der Waals surface area contributed by atoms with E-state index in [1.807, 2.05) is 35.0 Å². The van der Waals surface area contributed by atoms with Gasteiger partial charge in [0.1, 0.15) is 18.1 Å². The molecule has 1 spiro atoms. The lowest BCUT2D eigenvalue weighted by molar-refractivity contribution is -0.354. The number of esters is 1. The van der Waals surface area contributed by atoms with Crippen LogP contribution in [-0.4, -0.2) is 126 Å². The van der Waals surface area contributed by atoms with E-state index in [-0.39, 0.29) is 71.1 Å². The van der Waals surface area contributed by atoms with Gasteiger partial charge in [0.15, 0.2) is 6.61 Å². The smallest absolute Gasteiger partial charge is 0.465 e. The Kier molecular flexibility index (Phi) is 15.0. The molecule has 0 radical (unpaired) electrons. The fourth-order valence-electron chi connectivity index (χ4n) is 10.6. The monoisotopic (exact) mass is 1020 g/mol. The van der Waals surface area contributed by atoms with Crippen LogP contribution in [0, 0.1) is 0 Å². The number of alkyl halides is 7. The standard InChI is InChI=1S/C47H57F7N5O8PS/c1-4-18-65-44(63)27(2)56-68(64,66-26-46(49,50)51)40(48)29-10-15-38-30(19-29)20-39(69-38)41(60)55-36-13-11-32(57(3)34-22-35(23-34)67-47(52,53)54)21-33-12-14-37(59(33)42(36)61)43(62)58-25-31(24-45(58)16-17-45)28-8-6-5-7-9-28/h5-10,15,19-20,27,31-37,40H,4,11-14,16-18,21-26H2,1-3H3,(H,55,60)(H,56,64)/t27-,31+,32-,33+,34?,35?,36-,37-,40+,68?/m0/s1. The first-order valence-electron chi connectivity index (χ1n) is 23.5. The Morgan fingerprint density at radius 2 is 1.70 bits per heavy atom. The van der Waals surface area contributed by atoms with Crippen molar-refractivity contribution in [1.29, 1.82) is 0 Å². The van der Waals surface area contributed by atoms with E-state index in [4.69, 9.17) is 4.74 Å². The van der Waals surface area contributed by atoms with Crippen molar-refractivity contribution in [2.75, 3.05) is 26.8 Å². The third-order valence-corrected chi connectivity index (χ3v) is 17.7. The highest BCUT2D eigenvalue weighted by Crippen LogP contribution is 2.59. The molecule has 3 aromatic rings. The van der Waals surface area contributed by atoms with E-state index in [9.17, 15) is 50.1 Å². The van der Waals surface area contributed by atoms with Gasteiger partial charge in [-0.15, -0.1) is 24.5 Å². The number of rotatable bonds is 16. The van der Waals surface area contributed by atoms with Crippen molar-refractivity contribution in [1.82, 2.24) is 25.1 Å². The van der Waals surface area contributed by atoms with Crippen LogP contribution in [0.1, 0.15) is 117 Å². The van der Waals surface area contributed by atoms with Gasteiger partial charge in [-0.3, -0.25) is 28.5 Å². The van der Waals surface area contributed by atoms with Crippen LogP contribution < -0.4 is 10.4 Å². The third-order valence-electron chi connectivity index (χ3n) is 14.4. The number of carbonyl (C=O) groups excluding carboxylic acids is 4. The lowest BCUT2D eigenvalue weighted by Gasteiger charge is -2.47. The van der Waals surface area contributed by atoms with Gasteiger partial charge in [-0.25, -0.2) is 9.48 Å². The second kappa shape index (κ2) is 20.2. The number of carbonyl (C=O) groups is 4. The quantitative estimate of drug-likeness (QED) is 0.0810. The molecule has 3 aliphatic heterocycles. The van der Waals surface area contributed by atoms with Gasteiger partial charge < -0.3 is 29.3 Å². The third kappa shape index (κ3) is 11.5. The second-order valence-electron chi connectivity index (χ2n) is 19.2. The lowest BCUT2D eigenvalue weighted by atomic mass is 9.85. The van der Waals surface area contributed by atoms with Crippen molar-refractivity contribution in [2.45, 2.75) is 157 Å². The normalized spacial score (nSPS) is 27.6. The van der Waals surface area contributed by atoms with E-state index in [1.54, 1.807) is 11.8 Å². The van der Waals surface area contributed by atoms with Gasteiger partial charge in [0.05, 0.1) is 17.6 Å². The second-order valence-corrected chi connectivity index (χ2v) is 22.4. The van der Waals surface area contributed by atoms with E-state index in [0.29, 0.717) is 43.3 Å². The predicted octanol–water partition coefficient (Wildman–Crippen LogP) is 9.13. The number of nitrogens with zero attached hydrogens (tertiary/aromatic N) is 3. The van der Waals surface area contributed by atoms with E-state index in [2.05, 4.69) is 31.8 Å². The molecule has 378 valence electrons. The number of hydrogen-bond donors (Lipinski definition) is 2. The molecule has 2 N–H and O–H groups in total. The Morgan fingerprint density at radius 1 is 0.971 bits per heavy atom. The fraction of sp³-hybridized carbons (Fsp3) is 0.617. The Labute approximate surface area is 399 Å². The molecule has 69 heavy (non-hydrogen) atoms. The topological polar surface area (TPSA) is 147 Å². The summed E-state index contributed by atoms with van der Waals surface area (Å²) in [5.74, 6) is -4.74. The van der Waals surface area contributed by atoms with Gasteiger partial charge in [-0.2, -0.15) is 13.2 Å². The van der Waals surface area contributed by atoms with Gasteiger partial charge in [0, 0.05) is 40.8 Å². The summed E-state index contributed by atoms with van der Waals surface area (Å²) in [6.45, 7) is 1.27. The van der Waals surface area contributed by atoms with Gasteiger partial charge in [-0.1, -0.05) is 43.3 Å². The van der Waals surface area contributed by atoms with Crippen molar-refractivity contribution in [3.05, 3.63) is 70.6 Å². The predicted molar refractivity (Wildman–Crippen MR) is 241 cm³/mol. The Bertz CT molecular complexity index is 2420. The Balaban J connectivity index is 1.02. The van der Waals surface area contributed by atoms with Gasteiger partial charge in [0.25, 0.3) is 5.91 Å². The number of nitrogens with one attached hydrogen (secondary N) is 2. The minimum absolute atomic E-state index is 0.0305. The molecule has 5 fully saturated rings. The van der Waals surface area contributed by atoms with Crippen molar-refractivity contribution in [3.8, 4) is 0 Å². The number of amides is 3.